The van der Waals surface area contributed by atoms with E-state index >= 15 is 0 Å². The van der Waals surface area contributed by atoms with Crippen molar-refractivity contribution in [3.63, 3.8) is 0 Å². The van der Waals surface area contributed by atoms with E-state index in [0.717, 1.165) is 19.4 Å². The molecule has 0 aromatic rings. The minimum Gasteiger partial charge on any atom is -0.289 e. The Bertz CT molecular complexity index is 175. The highest BCUT2D eigenvalue weighted by Crippen LogP contribution is 2.01. The molecule has 0 unspecified atom stereocenters. The summed E-state index contributed by atoms with van der Waals surface area (Å²) in [6.07, 6.45) is 10.6. The molecule has 0 radical (unpaired) electrons. The molecule has 0 aliphatic carbocycles. The van der Waals surface area contributed by atoms with Gasteiger partial charge in [-0.1, -0.05) is 24.3 Å². The number of allylic oxidation sites excluding steroid dienone is 3. The van der Waals surface area contributed by atoms with Gasteiger partial charge in [-0.15, -0.1) is 0 Å². The average molecular weight is 135 g/mol. The molecule has 0 fully saturated rings. The van der Waals surface area contributed by atoms with Crippen molar-refractivity contribution in [1.82, 2.24) is 0 Å². The highest BCUT2D eigenvalue weighted by Gasteiger charge is 1.95. The zero-order valence-corrected chi connectivity index (χ0v) is 6.38. The summed E-state index contributed by atoms with van der Waals surface area (Å²) in [7, 11) is 0. The summed E-state index contributed by atoms with van der Waals surface area (Å²) in [4.78, 5) is 4.35. The van der Waals surface area contributed by atoms with Crippen molar-refractivity contribution in [2.45, 2.75) is 19.8 Å². The summed E-state index contributed by atoms with van der Waals surface area (Å²) >= 11 is 0. The van der Waals surface area contributed by atoms with Gasteiger partial charge >= 0.3 is 0 Å². The van der Waals surface area contributed by atoms with Gasteiger partial charge in [0.1, 0.15) is 0 Å². The lowest BCUT2D eigenvalue weighted by Crippen LogP contribution is -1.99. The van der Waals surface area contributed by atoms with Gasteiger partial charge in [-0.2, -0.15) is 0 Å². The van der Waals surface area contributed by atoms with Crippen LogP contribution in [0.2, 0.25) is 0 Å². The molecular formula is C9H13N. The van der Waals surface area contributed by atoms with Gasteiger partial charge in [0.15, 0.2) is 0 Å². The molecular weight excluding hydrogens is 122 g/mol. The summed E-state index contributed by atoms with van der Waals surface area (Å²) in [6.45, 7) is 2.92. The van der Waals surface area contributed by atoms with Crippen LogP contribution in [0.5, 0.6) is 0 Å². The van der Waals surface area contributed by atoms with Gasteiger partial charge in [0.25, 0.3) is 0 Å². The van der Waals surface area contributed by atoms with Crippen LogP contribution in [0.25, 0.3) is 0 Å². The largest absolute Gasteiger partial charge is 0.289 e. The SMILES string of the molecule is CC=CCC1=NCC=CC1. The van der Waals surface area contributed by atoms with Crippen molar-refractivity contribution in [3.05, 3.63) is 24.3 Å². The van der Waals surface area contributed by atoms with Crippen LogP contribution < -0.4 is 0 Å². The molecule has 0 aromatic carbocycles. The van der Waals surface area contributed by atoms with E-state index in [1.54, 1.807) is 0 Å². The Kier molecular flexibility index (Phi) is 2.94. The maximum absolute atomic E-state index is 4.35. The molecule has 1 rings (SSSR count). The summed E-state index contributed by atoms with van der Waals surface area (Å²) < 4.78 is 0. The van der Waals surface area contributed by atoms with Crippen molar-refractivity contribution in [3.8, 4) is 0 Å². The van der Waals surface area contributed by atoms with Gasteiger partial charge in [-0.05, 0) is 6.92 Å². The van der Waals surface area contributed by atoms with E-state index in [4.69, 9.17) is 0 Å². The molecule has 0 bridgehead atoms. The Morgan fingerprint density at radius 2 is 2.50 bits per heavy atom. The van der Waals surface area contributed by atoms with Gasteiger partial charge in [0.2, 0.25) is 0 Å². The average Bonchev–Trinajstić information content (AvgIpc) is 2.03. The number of hydrogen-bond donors (Lipinski definition) is 0. The molecule has 1 aliphatic rings. The number of hydrogen-bond acceptors (Lipinski definition) is 1. The van der Waals surface area contributed by atoms with Crippen LogP contribution in [-0.2, 0) is 0 Å². The predicted octanol–water partition coefficient (Wildman–Crippen LogP) is 2.35. The van der Waals surface area contributed by atoms with Gasteiger partial charge in [-0.3, -0.25) is 4.99 Å². The number of rotatable bonds is 2. The van der Waals surface area contributed by atoms with Crippen molar-refractivity contribution >= 4 is 5.71 Å². The minimum atomic E-state index is 0.882. The van der Waals surface area contributed by atoms with Crippen LogP contribution in [0, 0.1) is 0 Å². The van der Waals surface area contributed by atoms with E-state index in [2.05, 4.69) is 29.3 Å². The Morgan fingerprint density at radius 1 is 1.60 bits per heavy atom. The van der Waals surface area contributed by atoms with Crippen LogP contribution in [0.4, 0.5) is 0 Å². The summed E-state index contributed by atoms with van der Waals surface area (Å²) in [5.74, 6) is 0. The van der Waals surface area contributed by atoms with Crippen LogP contribution in [0.3, 0.4) is 0 Å². The third-order valence-corrected chi connectivity index (χ3v) is 1.53. The fourth-order valence-electron chi connectivity index (χ4n) is 0.942. The Balaban J connectivity index is 2.34. The molecule has 0 spiro atoms. The van der Waals surface area contributed by atoms with Crippen LogP contribution in [-0.4, -0.2) is 12.3 Å². The predicted molar refractivity (Wildman–Crippen MR) is 45.5 cm³/mol. The first-order valence-electron chi connectivity index (χ1n) is 3.72. The zero-order chi connectivity index (χ0) is 7.23. The monoisotopic (exact) mass is 135 g/mol. The maximum Gasteiger partial charge on any atom is 0.0570 e. The first kappa shape index (κ1) is 7.26. The highest BCUT2D eigenvalue weighted by molar-refractivity contribution is 5.87. The Morgan fingerprint density at radius 3 is 3.10 bits per heavy atom. The van der Waals surface area contributed by atoms with Crippen LogP contribution >= 0.6 is 0 Å². The van der Waals surface area contributed by atoms with E-state index in [1.165, 1.54) is 5.71 Å². The Labute approximate surface area is 62.2 Å². The topological polar surface area (TPSA) is 12.4 Å². The van der Waals surface area contributed by atoms with Crippen LogP contribution in [0.15, 0.2) is 29.3 Å². The Hall–Kier alpha value is -0.850. The molecule has 0 saturated heterocycles. The molecule has 54 valence electrons. The lowest BCUT2D eigenvalue weighted by atomic mass is 10.1. The maximum atomic E-state index is 4.35. The fourth-order valence-corrected chi connectivity index (χ4v) is 0.942. The van der Waals surface area contributed by atoms with Crippen molar-refractivity contribution in [1.29, 1.82) is 0 Å². The van der Waals surface area contributed by atoms with Gasteiger partial charge in [-0.25, -0.2) is 0 Å². The van der Waals surface area contributed by atoms with Gasteiger partial charge in [0, 0.05) is 18.6 Å². The lowest BCUT2D eigenvalue weighted by Gasteiger charge is -2.02. The van der Waals surface area contributed by atoms with E-state index in [0.29, 0.717) is 0 Å². The molecule has 0 saturated carbocycles. The molecule has 0 N–H and O–H groups in total. The second-order valence-electron chi connectivity index (χ2n) is 2.36. The smallest absolute Gasteiger partial charge is 0.0570 e. The van der Waals surface area contributed by atoms with E-state index < -0.39 is 0 Å². The molecule has 1 heterocycles. The quantitative estimate of drug-likeness (QED) is 0.515. The normalized spacial score (nSPS) is 17.9. The van der Waals surface area contributed by atoms with E-state index in [1.807, 2.05) is 6.92 Å². The third-order valence-electron chi connectivity index (χ3n) is 1.53. The van der Waals surface area contributed by atoms with Gasteiger partial charge < -0.3 is 0 Å². The third kappa shape index (κ3) is 2.18. The number of aliphatic imine (C=N–C) groups is 1. The number of nitrogens with zero attached hydrogens (tertiary/aromatic N) is 1. The van der Waals surface area contributed by atoms with Crippen LogP contribution in [0.1, 0.15) is 19.8 Å². The van der Waals surface area contributed by atoms with E-state index in [9.17, 15) is 0 Å². The standard InChI is InChI=1S/C9H13N/c1-2-3-6-9-7-4-5-8-10-9/h2-5H,6-8H2,1H3. The molecule has 0 amide bonds. The molecule has 1 heteroatoms. The molecule has 1 aliphatic heterocycles. The second kappa shape index (κ2) is 4.04. The summed E-state index contributed by atoms with van der Waals surface area (Å²) in [5, 5.41) is 0. The second-order valence-corrected chi connectivity index (χ2v) is 2.36. The first-order valence-corrected chi connectivity index (χ1v) is 3.72. The van der Waals surface area contributed by atoms with Crippen molar-refractivity contribution in [2.75, 3.05) is 6.54 Å². The summed E-state index contributed by atoms with van der Waals surface area (Å²) in [6, 6.07) is 0. The lowest BCUT2D eigenvalue weighted by molar-refractivity contribution is 1.13. The van der Waals surface area contributed by atoms with E-state index in [-0.39, 0.29) is 0 Å². The molecule has 10 heavy (non-hydrogen) atoms. The fraction of sp³-hybridized carbons (Fsp3) is 0.444. The minimum absolute atomic E-state index is 0.882. The first-order chi connectivity index (χ1) is 4.93. The number of dihydropyridines is 1. The van der Waals surface area contributed by atoms with Crippen molar-refractivity contribution in [2.24, 2.45) is 4.99 Å². The zero-order valence-electron chi connectivity index (χ0n) is 6.38. The molecule has 0 atom stereocenters. The molecule has 0 aromatic heterocycles. The van der Waals surface area contributed by atoms with Gasteiger partial charge in [0.05, 0.1) is 6.54 Å². The van der Waals surface area contributed by atoms with Crippen molar-refractivity contribution < 1.29 is 0 Å². The molecule has 1 nitrogen and oxygen atoms in total. The summed E-state index contributed by atoms with van der Waals surface area (Å²) in [5.41, 5.74) is 1.31. The highest BCUT2D eigenvalue weighted by atomic mass is 14.7.